The Morgan fingerprint density at radius 2 is 1.97 bits per heavy atom. The number of anilines is 2. The van der Waals surface area contributed by atoms with Gasteiger partial charge in [0.1, 0.15) is 12.5 Å². The van der Waals surface area contributed by atoms with Crippen molar-refractivity contribution < 1.29 is 14.3 Å². The summed E-state index contributed by atoms with van der Waals surface area (Å²) >= 11 is 0. The summed E-state index contributed by atoms with van der Waals surface area (Å²) in [4.78, 5) is 25.1. The van der Waals surface area contributed by atoms with E-state index in [9.17, 15) is 4.79 Å². The molecule has 1 aromatic carbocycles. The molecule has 160 valence electrons. The quantitative estimate of drug-likeness (QED) is 0.750. The van der Waals surface area contributed by atoms with Gasteiger partial charge >= 0.3 is 0 Å². The van der Waals surface area contributed by atoms with Crippen LogP contribution in [0.25, 0.3) is 0 Å². The molecular weight excluding hydrogens is 382 g/mol. The fourth-order valence-corrected chi connectivity index (χ4v) is 3.49. The van der Waals surface area contributed by atoms with E-state index in [4.69, 9.17) is 9.47 Å². The second kappa shape index (κ2) is 9.30. The van der Waals surface area contributed by atoms with Crippen molar-refractivity contribution in [2.45, 2.75) is 39.3 Å². The van der Waals surface area contributed by atoms with Gasteiger partial charge < -0.3 is 24.6 Å². The molecule has 2 saturated heterocycles. The molecule has 3 heterocycles. The molecule has 0 radical (unpaired) electrons. The van der Waals surface area contributed by atoms with Gasteiger partial charge in [-0.3, -0.25) is 4.79 Å². The lowest BCUT2D eigenvalue weighted by Gasteiger charge is -2.33. The SMILES string of the molecule is CC(C)Oc1cc(CNc2ncc(C(=O)N3CCCOC3)cn2)cc(N2CCC2)c1. The average Bonchev–Trinajstić information content (AvgIpc) is 2.71. The lowest BCUT2D eigenvalue weighted by atomic mass is 10.1. The highest BCUT2D eigenvalue weighted by molar-refractivity contribution is 5.93. The number of rotatable bonds is 7. The highest BCUT2D eigenvalue weighted by atomic mass is 16.5. The molecule has 30 heavy (non-hydrogen) atoms. The van der Waals surface area contributed by atoms with Gasteiger partial charge in [-0.05, 0) is 44.4 Å². The molecule has 0 spiro atoms. The first kappa shape index (κ1) is 20.4. The molecule has 1 N–H and O–H groups in total. The van der Waals surface area contributed by atoms with E-state index < -0.39 is 0 Å². The normalized spacial score (nSPS) is 16.4. The fraction of sp³-hybridized carbons (Fsp3) is 0.500. The molecule has 1 amide bonds. The van der Waals surface area contributed by atoms with Gasteiger partial charge in [-0.15, -0.1) is 0 Å². The highest BCUT2D eigenvalue weighted by Crippen LogP contribution is 2.28. The first-order valence-electron chi connectivity index (χ1n) is 10.6. The van der Waals surface area contributed by atoms with E-state index in [2.05, 4.69) is 32.3 Å². The minimum absolute atomic E-state index is 0.0982. The van der Waals surface area contributed by atoms with Gasteiger partial charge in [0.2, 0.25) is 5.95 Å². The third kappa shape index (κ3) is 4.99. The Morgan fingerprint density at radius 3 is 2.60 bits per heavy atom. The summed E-state index contributed by atoms with van der Waals surface area (Å²) in [5, 5.41) is 3.24. The van der Waals surface area contributed by atoms with Gasteiger partial charge in [0.25, 0.3) is 5.91 Å². The Labute approximate surface area is 177 Å². The van der Waals surface area contributed by atoms with Crippen LogP contribution < -0.4 is 15.0 Å². The van der Waals surface area contributed by atoms with Crippen molar-refractivity contribution in [2.75, 3.05) is 43.2 Å². The number of carbonyl (C=O) groups excluding carboxylic acids is 1. The highest BCUT2D eigenvalue weighted by Gasteiger charge is 2.19. The van der Waals surface area contributed by atoms with Gasteiger partial charge in [0.05, 0.1) is 18.3 Å². The average molecular weight is 412 g/mol. The first-order chi connectivity index (χ1) is 14.6. The molecule has 1 aromatic heterocycles. The number of amides is 1. The Kier molecular flexibility index (Phi) is 6.32. The van der Waals surface area contributed by atoms with Crippen LogP contribution in [0.3, 0.4) is 0 Å². The van der Waals surface area contributed by atoms with Crippen LogP contribution in [-0.2, 0) is 11.3 Å². The number of ether oxygens (including phenoxy) is 2. The maximum absolute atomic E-state index is 12.5. The van der Waals surface area contributed by atoms with Crippen molar-refractivity contribution >= 4 is 17.5 Å². The van der Waals surface area contributed by atoms with Crippen molar-refractivity contribution in [3.05, 3.63) is 41.7 Å². The summed E-state index contributed by atoms with van der Waals surface area (Å²) in [5.74, 6) is 1.26. The van der Waals surface area contributed by atoms with Gasteiger partial charge in [-0.2, -0.15) is 0 Å². The van der Waals surface area contributed by atoms with Gasteiger partial charge in [0.15, 0.2) is 0 Å². The molecule has 0 saturated carbocycles. The number of nitrogens with one attached hydrogen (secondary N) is 1. The topological polar surface area (TPSA) is 79.8 Å². The summed E-state index contributed by atoms with van der Waals surface area (Å²) in [5.41, 5.74) is 2.75. The van der Waals surface area contributed by atoms with Crippen LogP contribution in [0.15, 0.2) is 30.6 Å². The predicted molar refractivity (Wildman–Crippen MR) is 115 cm³/mol. The molecule has 0 aliphatic carbocycles. The third-order valence-corrected chi connectivity index (χ3v) is 5.14. The van der Waals surface area contributed by atoms with Crippen LogP contribution in [0.5, 0.6) is 5.75 Å². The fourth-order valence-electron chi connectivity index (χ4n) is 3.49. The molecule has 2 aromatic rings. The Bertz CT molecular complexity index is 862. The molecule has 2 aliphatic heterocycles. The monoisotopic (exact) mass is 411 g/mol. The second-order valence-electron chi connectivity index (χ2n) is 7.95. The van der Waals surface area contributed by atoms with Crippen LogP contribution in [0.4, 0.5) is 11.6 Å². The lowest BCUT2D eigenvalue weighted by molar-refractivity contribution is -0.00575. The molecule has 8 heteroatoms. The van der Waals surface area contributed by atoms with E-state index >= 15 is 0 Å². The first-order valence-corrected chi connectivity index (χ1v) is 10.6. The molecule has 2 aliphatic rings. The minimum atomic E-state index is -0.0982. The Balaban J connectivity index is 1.40. The second-order valence-corrected chi connectivity index (χ2v) is 7.95. The number of carbonyl (C=O) groups is 1. The molecule has 8 nitrogen and oxygen atoms in total. The minimum Gasteiger partial charge on any atom is -0.491 e. The number of nitrogens with zero attached hydrogens (tertiary/aromatic N) is 4. The summed E-state index contributed by atoms with van der Waals surface area (Å²) in [6.07, 6.45) is 5.33. The lowest BCUT2D eigenvalue weighted by Crippen LogP contribution is -2.38. The number of benzene rings is 1. The maximum atomic E-state index is 12.5. The number of hydrogen-bond acceptors (Lipinski definition) is 7. The van der Waals surface area contributed by atoms with Crippen LogP contribution in [0, 0.1) is 0 Å². The van der Waals surface area contributed by atoms with E-state index in [0.29, 0.717) is 37.9 Å². The zero-order chi connectivity index (χ0) is 20.9. The zero-order valence-electron chi connectivity index (χ0n) is 17.6. The van der Waals surface area contributed by atoms with E-state index in [1.807, 2.05) is 19.9 Å². The van der Waals surface area contributed by atoms with Gasteiger partial charge in [-0.25, -0.2) is 9.97 Å². The predicted octanol–water partition coefficient (Wildman–Crippen LogP) is 2.91. The van der Waals surface area contributed by atoms with Crippen LogP contribution in [-0.4, -0.2) is 59.9 Å². The van der Waals surface area contributed by atoms with Crippen molar-refractivity contribution in [3.63, 3.8) is 0 Å². The molecule has 0 unspecified atom stereocenters. The summed E-state index contributed by atoms with van der Waals surface area (Å²) < 4.78 is 11.3. The molecule has 0 bridgehead atoms. The Morgan fingerprint density at radius 1 is 1.17 bits per heavy atom. The van der Waals surface area contributed by atoms with Crippen LogP contribution >= 0.6 is 0 Å². The van der Waals surface area contributed by atoms with Crippen LogP contribution in [0.1, 0.15) is 42.6 Å². The van der Waals surface area contributed by atoms with Crippen molar-refractivity contribution in [1.29, 1.82) is 0 Å². The molecule has 0 atom stereocenters. The zero-order valence-corrected chi connectivity index (χ0v) is 17.6. The van der Waals surface area contributed by atoms with Gasteiger partial charge in [-0.1, -0.05) is 0 Å². The van der Waals surface area contributed by atoms with E-state index in [-0.39, 0.29) is 12.0 Å². The summed E-state index contributed by atoms with van der Waals surface area (Å²) in [7, 11) is 0. The summed E-state index contributed by atoms with van der Waals surface area (Å²) in [6, 6.07) is 6.32. The van der Waals surface area contributed by atoms with Crippen LogP contribution in [0.2, 0.25) is 0 Å². The largest absolute Gasteiger partial charge is 0.491 e. The molecule has 4 rings (SSSR count). The smallest absolute Gasteiger partial charge is 0.258 e. The molecule has 2 fully saturated rings. The number of aromatic nitrogens is 2. The van der Waals surface area contributed by atoms with E-state index in [1.54, 1.807) is 17.3 Å². The third-order valence-electron chi connectivity index (χ3n) is 5.14. The molecular formula is C22H29N5O3. The van der Waals surface area contributed by atoms with Crippen molar-refractivity contribution in [1.82, 2.24) is 14.9 Å². The summed E-state index contributed by atoms with van der Waals surface area (Å²) in [6.45, 7) is 8.52. The standard InChI is InChI=1S/C22H29N5O3/c1-16(2)30-20-10-17(9-19(11-20)26-5-3-6-26)12-23-22-24-13-18(14-25-22)21(28)27-7-4-8-29-15-27/h9-11,13-14,16H,3-8,12,15H2,1-2H3,(H,23,24,25). The van der Waals surface area contributed by atoms with Crippen molar-refractivity contribution in [3.8, 4) is 5.75 Å². The number of hydrogen-bond donors (Lipinski definition) is 1. The van der Waals surface area contributed by atoms with E-state index in [0.717, 1.165) is 30.8 Å². The van der Waals surface area contributed by atoms with E-state index in [1.165, 1.54) is 12.1 Å². The maximum Gasteiger partial charge on any atom is 0.258 e. The van der Waals surface area contributed by atoms with Gasteiger partial charge in [0, 0.05) is 50.3 Å². The Hall–Kier alpha value is -2.87. The van der Waals surface area contributed by atoms with Crippen molar-refractivity contribution in [2.24, 2.45) is 0 Å².